The summed E-state index contributed by atoms with van der Waals surface area (Å²) in [4.78, 5) is 15.0. The topological polar surface area (TPSA) is 83.4 Å². The first-order valence-corrected chi connectivity index (χ1v) is 6.04. The molecule has 0 spiro atoms. The van der Waals surface area contributed by atoms with Crippen LogP contribution < -0.4 is 5.73 Å². The lowest BCUT2D eigenvalue weighted by molar-refractivity contribution is 0.794. The van der Waals surface area contributed by atoms with Gasteiger partial charge in [0.2, 0.25) is 0 Å². The van der Waals surface area contributed by atoms with Crippen LogP contribution in [-0.2, 0) is 6.42 Å². The van der Waals surface area contributed by atoms with Crippen molar-refractivity contribution in [3.8, 4) is 11.3 Å². The fraction of sp³-hybridized carbons (Fsp3) is 0.231. The molecule has 2 heterocycles. The number of aryl methyl sites for hydroxylation is 1. The third kappa shape index (κ3) is 2.00. The van der Waals surface area contributed by atoms with Gasteiger partial charge in [-0.2, -0.15) is 0 Å². The van der Waals surface area contributed by atoms with Crippen LogP contribution in [0.3, 0.4) is 0 Å². The molecule has 3 aromatic rings. The molecule has 5 heteroatoms. The van der Waals surface area contributed by atoms with E-state index in [-0.39, 0.29) is 0 Å². The Bertz CT molecular complexity index is 652. The molecule has 0 unspecified atom stereocenters. The number of imidazole rings is 2. The van der Waals surface area contributed by atoms with Gasteiger partial charge in [0.1, 0.15) is 5.82 Å². The van der Waals surface area contributed by atoms with Gasteiger partial charge in [0.15, 0.2) is 0 Å². The van der Waals surface area contributed by atoms with E-state index >= 15 is 0 Å². The number of nitrogens with zero attached hydrogens (tertiary/aromatic N) is 2. The van der Waals surface area contributed by atoms with Gasteiger partial charge in [-0.05, 0) is 25.1 Å². The predicted molar refractivity (Wildman–Crippen MR) is 71.1 cm³/mol. The predicted octanol–water partition coefficient (Wildman–Crippen LogP) is 1.84. The number of hydrogen-bond acceptors (Lipinski definition) is 3. The van der Waals surface area contributed by atoms with Crippen LogP contribution in [0, 0.1) is 0 Å². The molecule has 3 rings (SSSR count). The zero-order chi connectivity index (χ0) is 12.4. The molecule has 0 saturated carbocycles. The van der Waals surface area contributed by atoms with E-state index in [1.165, 1.54) is 0 Å². The third-order valence-electron chi connectivity index (χ3n) is 2.98. The molecule has 0 saturated heterocycles. The second kappa shape index (κ2) is 4.62. The first kappa shape index (κ1) is 11.0. The minimum atomic E-state index is 0.691. The van der Waals surface area contributed by atoms with Crippen molar-refractivity contribution in [2.45, 2.75) is 12.8 Å². The van der Waals surface area contributed by atoms with Gasteiger partial charge in [-0.15, -0.1) is 0 Å². The summed E-state index contributed by atoms with van der Waals surface area (Å²) in [5, 5.41) is 0. The Morgan fingerprint density at radius 3 is 3.06 bits per heavy atom. The molecule has 92 valence electrons. The van der Waals surface area contributed by atoms with Gasteiger partial charge in [0, 0.05) is 12.0 Å². The quantitative estimate of drug-likeness (QED) is 0.651. The van der Waals surface area contributed by atoms with Crippen LogP contribution >= 0.6 is 0 Å². The smallest absolute Gasteiger partial charge is 0.106 e. The van der Waals surface area contributed by atoms with Crippen molar-refractivity contribution < 1.29 is 0 Å². The fourth-order valence-corrected chi connectivity index (χ4v) is 2.01. The highest BCUT2D eigenvalue weighted by Gasteiger charge is 2.04. The minimum absolute atomic E-state index is 0.691. The van der Waals surface area contributed by atoms with E-state index in [1.54, 1.807) is 6.33 Å². The molecule has 18 heavy (non-hydrogen) atoms. The molecular formula is C13H15N5. The molecule has 0 aliphatic rings. The van der Waals surface area contributed by atoms with Gasteiger partial charge >= 0.3 is 0 Å². The minimum Gasteiger partial charge on any atom is -0.345 e. The number of aromatic nitrogens is 4. The van der Waals surface area contributed by atoms with E-state index in [0.717, 1.165) is 41.0 Å². The number of H-pyrrole nitrogens is 2. The van der Waals surface area contributed by atoms with Gasteiger partial charge in [-0.25, -0.2) is 9.97 Å². The summed E-state index contributed by atoms with van der Waals surface area (Å²) < 4.78 is 0. The maximum atomic E-state index is 5.49. The summed E-state index contributed by atoms with van der Waals surface area (Å²) in [6.45, 7) is 0.691. The molecule has 0 atom stereocenters. The lowest BCUT2D eigenvalue weighted by atomic mass is 10.1. The summed E-state index contributed by atoms with van der Waals surface area (Å²) in [7, 11) is 0. The van der Waals surface area contributed by atoms with Crippen molar-refractivity contribution >= 4 is 11.0 Å². The van der Waals surface area contributed by atoms with Crippen LogP contribution in [0.2, 0.25) is 0 Å². The summed E-state index contributed by atoms with van der Waals surface area (Å²) in [6, 6.07) is 6.12. The lowest BCUT2D eigenvalue weighted by Gasteiger charge is -1.98. The first-order chi connectivity index (χ1) is 8.86. The Morgan fingerprint density at radius 1 is 1.22 bits per heavy atom. The Balaban J connectivity index is 1.90. The molecule has 0 aliphatic carbocycles. The maximum Gasteiger partial charge on any atom is 0.106 e. The second-order valence-electron chi connectivity index (χ2n) is 4.27. The van der Waals surface area contributed by atoms with Crippen LogP contribution in [0.15, 0.2) is 30.7 Å². The number of fused-ring (bicyclic) bond motifs is 1. The Hall–Kier alpha value is -2.14. The van der Waals surface area contributed by atoms with Crippen LogP contribution in [0.5, 0.6) is 0 Å². The number of rotatable bonds is 4. The molecule has 4 N–H and O–H groups in total. The fourth-order valence-electron chi connectivity index (χ4n) is 2.01. The van der Waals surface area contributed by atoms with Gasteiger partial charge < -0.3 is 15.7 Å². The lowest BCUT2D eigenvalue weighted by Crippen LogP contribution is -2.01. The third-order valence-corrected chi connectivity index (χ3v) is 2.98. The van der Waals surface area contributed by atoms with Crippen molar-refractivity contribution in [3.05, 3.63) is 36.5 Å². The first-order valence-electron chi connectivity index (χ1n) is 6.04. The average Bonchev–Trinajstić information content (AvgIpc) is 3.04. The standard InChI is InChI=1S/C13H15N5/c14-5-1-2-13-15-7-12(18-13)9-3-4-10-11(6-9)17-8-16-10/h3-4,6-8H,1-2,5,14H2,(H,15,18)(H,16,17). The van der Waals surface area contributed by atoms with Crippen LogP contribution in [0.1, 0.15) is 12.2 Å². The molecular weight excluding hydrogens is 226 g/mol. The molecule has 0 radical (unpaired) electrons. The monoisotopic (exact) mass is 241 g/mol. The summed E-state index contributed by atoms with van der Waals surface area (Å²) >= 11 is 0. The van der Waals surface area contributed by atoms with E-state index in [2.05, 4.69) is 26.0 Å². The van der Waals surface area contributed by atoms with Gasteiger partial charge in [0.05, 0.1) is 29.3 Å². The van der Waals surface area contributed by atoms with E-state index in [1.807, 2.05) is 18.3 Å². The highest BCUT2D eigenvalue weighted by Crippen LogP contribution is 2.21. The zero-order valence-electron chi connectivity index (χ0n) is 9.98. The SMILES string of the molecule is NCCCc1ncc(-c2ccc3nc[nH]c3c2)[nH]1. The van der Waals surface area contributed by atoms with E-state index in [0.29, 0.717) is 6.54 Å². The largest absolute Gasteiger partial charge is 0.345 e. The van der Waals surface area contributed by atoms with Crippen molar-refractivity contribution in [1.29, 1.82) is 0 Å². The summed E-state index contributed by atoms with van der Waals surface area (Å²) in [5.41, 5.74) is 9.63. The average molecular weight is 241 g/mol. The Morgan fingerprint density at radius 2 is 2.17 bits per heavy atom. The number of nitrogens with one attached hydrogen (secondary N) is 2. The van der Waals surface area contributed by atoms with Crippen LogP contribution in [0.4, 0.5) is 0 Å². The normalized spacial score (nSPS) is 11.2. The van der Waals surface area contributed by atoms with Gasteiger partial charge in [-0.1, -0.05) is 6.07 Å². The van der Waals surface area contributed by atoms with Gasteiger partial charge in [0.25, 0.3) is 0 Å². The summed E-state index contributed by atoms with van der Waals surface area (Å²) in [6.07, 6.45) is 5.41. The highest BCUT2D eigenvalue weighted by molar-refractivity contribution is 5.80. The molecule has 0 fully saturated rings. The number of hydrogen-bond donors (Lipinski definition) is 3. The number of nitrogens with two attached hydrogens (primary N) is 1. The molecule has 5 nitrogen and oxygen atoms in total. The highest BCUT2D eigenvalue weighted by atomic mass is 14.9. The van der Waals surface area contributed by atoms with E-state index < -0.39 is 0 Å². The van der Waals surface area contributed by atoms with Crippen molar-refractivity contribution in [1.82, 2.24) is 19.9 Å². The van der Waals surface area contributed by atoms with E-state index in [9.17, 15) is 0 Å². The molecule has 1 aromatic carbocycles. The number of aromatic amines is 2. The molecule has 0 amide bonds. The van der Waals surface area contributed by atoms with Crippen LogP contribution in [0.25, 0.3) is 22.3 Å². The second-order valence-corrected chi connectivity index (χ2v) is 4.27. The van der Waals surface area contributed by atoms with Crippen molar-refractivity contribution in [2.24, 2.45) is 5.73 Å². The van der Waals surface area contributed by atoms with Crippen molar-refractivity contribution in [3.63, 3.8) is 0 Å². The maximum absolute atomic E-state index is 5.49. The molecule has 0 bridgehead atoms. The zero-order valence-corrected chi connectivity index (χ0v) is 9.98. The van der Waals surface area contributed by atoms with Gasteiger partial charge in [-0.3, -0.25) is 0 Å². The molecule has 2 aromatic heterocycles. The number of benzene rings is 1. The van der Waals surface area contributed by atoms with Crippen molar-refractivity contribution in [2.75, 3.05) is 6.54 Å². The molecule has 0 aliphatic heterocycles. The van der Waals surface area contributed by atoms with Crippen LogP contribution in [-0.4, -0.2) is 26.5 Å². The van der Waals surface area contributed by atoms with E-state index in [4.69, 9.17) is 5.73 Å². The summed E-state index contributed by atoms with van der Waals surface area (Å²) in [5.74, 6) is 0.986. The Labute approximate surface area is 104 Å². The Kier molecular flexibility index (Phi) is 2.82.